The van der Waals surface area contributed by atoms with Gasteiger partial charge in [-0.1, -0.05) is 11.5 Å². The Morgan fingerprint density at radius 2 is 2.38 bits per heavy atom. The quantitative estimate of drug-likeness (QED) is 0.275. The summed E-state index contributed by atoms with van der Waals surface area (Å²) in [5.74, 6) is 0. The molecule has 0 saturated carbocycles. The Hall–Kier alpha value is -1.19. The van der Waals surface area contributed by atoms with E-state index in [2.05, 4.69) is 10.0 Å². The van der Waals surface area contributed by atoms with Gasteiger partial charge in [0.2, 0.25) is 0 Å². The Kier molecular flexibility index (Phi) is 7.30. The minimum Gasteiger partial charge on any atom is -0.496 e. The van der Waals surface area contributed by atoms with Gasteiger partial charge in [-0.25, -0.2) is 0 Å². The third-order valence-corrected chi connectivity index (χ3v) is 2.44. The van der Waals surface area contributed by atoms with E-state index < -0.39 is 0 Å². The van der Waals surface area contributed by atoms with Crippen LogP contribution in [-0.4, -0.2) is 25.9 Å². The van der Waals surface area contributed by atoms with Gasteiger partial charge < -0.3 is 9.47 Å². The first-order valence-corrected chi connectivity index (χ1v) is 5.82. The summed E-state index contributed by atoms with van der Waals surface area (Å²) < 4.78 is 10.9. The topological polar surface area (TPSA) is 67.2 Å². The molecule has 90 valence electrons. The molecule has 1 aliphatic heterocycles. The highest BCUT2D eigenvalue weighted by Crippen LogP contribution is 2.10. The van der Waals surface area contributed by atoms with Gasteiger partial charge >= 0.3 is 0 Å². The molecule has 0 aromatic rings. The molecule has 0 saturated heterocycles. The zero-order valence-electron chi connectivity index (χ0n) is 9.55. The van der Waals surface area contributed by atoms with Crippen molar-refractivity contribution in [2.45, 2.75) is 38.2 Å². The van der Waals surface area contributed by atoms with Crippen LogP contribution in [-0.2, 0) is 9.47 Å². The zero-order valence-corrected chi connectivity index (χ0v) is 9.55. The van der Waals surface area contributed by atoms with Gasteiger partial charge in [-0.3, -0.25) is 0 Å². The largest absolute Gasteiger partial charge is 0.496 e. The van der Waals surface area contributed by atoms with E-state index in [1.165, 1.54) is 0 Å². The van der Waals surface area contributed by atoms with Crippen LogP contribution in [0, 0.1) is 0 Å². The van der Waals surface area contributed by atoms with Crippen LogP contribution in [0.25, 0.3) is 10.4 Å². The minimum atomic E-state index is 0.230. The summed E-state index contributed by atoms with van der Waals surface area (Å²) in [4.78, 5) is 2.70. The zero-order chi connectivity index (χ0) is 11.5. The van der Waals surface area contributed by atoms with Crippen LogP contribution in [0.2, 0.25) is 0 Å². The number of hydrogen-bond donors (Lipinski definition) is 0. The number of azide groups is 1. The third kappa shape index (κ3) is 6.32. The highest BCUT2D eigenvalue weighted by Gasteiger charge is 2.10. The van der Waals surface area contributed by atoms with E-state index in [-0.39, 0.29) is 6.10 Å². The van der Waals surface area contributed by atoms with Crippen molar-refractivity contribution < 1.29 is 9.47 Å². The summed E-state index contributed by atoms with van der Waals surface area (Å²) in [7, 11) is 0. The molecule has 1 heterocycles. The van der Waals surface area contributed by atoms with Gasteiger partial charge in [0.05, 0.1) is 12.9 Å². The Bertz CT molecular complexity index is 250. The molecule has 0 fully saturated rings. The van der Waals surface area contributed by atoms with Crippen molar-refractivity contribution in [1.29, 1.82) is 0 Å². The van der Waals surface area contributed by atoms with Crippen LogP contribution in [0.5, 0.6) is 0 Å². The average molecular weight is 225 g/mol. The Labute approximate surface area is 96.1 Å². The number of allylic oxidation sites excluding steroid dienone is 1. The smallest absolute Gasteiger partial charge is 0.121 e. The van der Waals surface area contributed by atoms with Gasteiger partial charge in [0.1, 0.15) is 6.10 Å². The molecule has 0 bridgehead atoms. The molecule has 1 atom stereocenters. The van der Waals surface area contributed by atoms with Crippen LogP contribution in [0.4, 0.5) is 0 Å². The maximum absolute atomic E-state index is 8.07. The van der Waals surface area contributed by atoms with E-state index in [0.29, 0.717) is 13.2 Å². The summed E-state index contributed by atoms with van der Waals surface area (Å²) in [6.45, 7) is 2.04. The number of unbranched alkanes of at least 4 members (excludes halogenated alkanes) is 2. The van der Waals surface area contributed by atoms with Gasteiger partial charge in [0.15, 0.2) is 0 Å². The number of hydrogen-bond acceptors (Lipinski definition) is 3. The van der Waals surface area contributed by atoms with Crippen molar-refractivity contribution in [1.82, 2.24) is 0 Å². The summed E-state index contributed by atoms with van der Waals surface area (Å²) in [5, 5.41) is 3.48. The van der Waals surface area contributed by atoms with Crippen LogP contribution >= 0.6 is 0 Å². The van der Waals surface area contributed by atoms with Crippen LogP contribution in [0.15, 0.2) is 17.5 Å². The Morgan fingerprint density at radius 3 is 3.12 bits per heavy atom. The lowest BCUT2D eigenvalue weighted by Crippen LogP contribution is -2.19. The van der Waals surface area contributed by atoms with Crippen LogP contribution in [0.1, 0.15) is 32.1 Å². The Morgan fingerprint density at radius 1 is 1.44 bits per heavy atom. The van der Waals surface area contributed by atoms with Crippen molar-refractivity contribution in [2.75, 3.05) is 19.8 Å². The van der Waals surface area contributed by atoms with E-state index in [9.17, 15) is 0 Å². The van der Waals surface area contributed by atoms with E-state index in [1.807, 2.05) is 6.08 Å². The first-order chi connectivity index (χ1) is 7.93. The SMILES string of the molecule is [N-]=[N+]=NCCCCCOCC1CCC=CO1. The second-order valence-electron chi connectivity index (χ2n) is 3.80. The van der Waals surface area contributed by atoms with E-state index in [4.69, 9.17) is 15.0 Å². The van der Waals surface area contributed by atoms with Gasteiger partial charge in [-0.05, 0) is 37.3 Å². The molecule has 5 nitrogen and oxygen atoms in total. The second-order valence-corrected chi connectivity index (χ2v) is 3.80. The lowest BCUT2D eigenvalue weighted by molar-refractivity contribution is 0.0167. The molecule has 5 heteroatoms. The van der Waals surface area contributed by atoms with Crippen molar-refractivity contribution >= 4 is 0 Å². The molecule has 1 rings (SSSR count). The molecule has 0 N–H and O–H groups in total. The van der Waals surface area contributed by atoms with Gasteiger partial charge in [0, 0.05) is 18.1 Å². The molecule has 0 aliphatic carbocycles. The maximum atomic E-state index is 8.07. The number of rotatable bonds is 8. The first kappa shape index (κ1) is 12.9. The summed E-state index contributed by atoms with van der Waals surface area (Å²) >= 11 is 0. The summed E-state index contributed by atoms with van der Waals surface area (Å²) in [6, 6.07) is 0. The fourth-order valence-corrected chi connectivity index (χ4v) is 1.53. The standard InChI is InChI=1S/C11H19N3O2/c12-14-13-7-3-1-4-8-15-10-11-6-2-5-9-16-11/h5,9,11H,1-4,6-8,10H2. The predicted octanol–water partition coefficient (Wildman–Crippen LogP) is 3.18. The second kappa shape index (κ2) is 9.07. The number of nitrogens with zero attached hydrogens (tertiary/aromatic N) is 3. The fraction of sp³-hybridized carbons (Fsp3) is 0.818. The van der Waals surface area contributed by atoms with E-state index >= 15 is 0 Å². The van der Waals surface area contributed by atoms with Crippen molar-refractivity contribution in [3.05, 3.63) is 22.8 Å². The third-order valence-electron chi connectivity index (χ3n) is 2.44. The van der Waals surface area contributed by atoms with Crippen molar-refractivity contribution in [3.8, 4) is 0 Å². The average Bonchev–Trinajstić information content (AvgIpc) is 2.34. The normalized spacial score (nSPS) is 18.9. The molecule has 1 unspecified atom stereocenters. The Balaban J connectivity index is 1.84. The highest BCUT2D eigenvalue weighted by molar-refractivity contribution is 4.81. The minimum absolute atomic E-state index is 0.230. The van der Waals surface area contributed by atoms with Crippen LogP contribution < -0.4 is 0 Å². The van der Waals surface area contributed by atoms with Crippen molar-refractivity contribution in [3.63, 3.8) is 0 Å². The predicted molar refractivity (Wildman–Crippen MR) is 61.9 cm³/mol. The molecule has 16 heavy (non-hydrogen) atoms. The van der Waals surface area contributed by atoms with Gasteiger partial charge in [0.25, 0.3) is 0 Å². The molecule has 0 aromatic heterocycles. The first-order valence-electron chi connectivity index (χ1n) is 5.82. The molecule has 1 aliphatic rings. The molecule has 0 radical (unpaired) electrons. The van der Waals surface area contributed by atoms with E-state index in [0.717, 1.165) is 38.7 Å². The van der Waals surface area contributed by atoms with Gasteiger partial charge in [-0.2, -0.15) is 0 Å². The molecular formula is C11H19N3O2. The summed E-state index contributed by atoms with van der Waals surface area (Å²) in [6.07, 6.45) is 9.16. The molecular weight excluding hydrogens is 206 g/mol. The lowest BCUT2D eigenvalue weighted by Gasteiger charge is -2.19. The molecule has 0 aromatic carbocycles. The van der Waals surface area contributed by atoms with Gasteiger partial charge in [-0.15, -0.1) is 0 Å². The monoisotopic (exact) mass is 225 g/mol. The summed E-state index contributed by atoms with van der Waals surface area (Å²) in [5.41, 5.74) is 8.07. The fourth-order valence-electron chi connectivity index (χ4n) is 1.53. The molecule has 0 spiro atoms. The molecule has 0 amide bonds. The lowest BCUT2D eigenvalue weighted by atomic mass is 10.2. The highest BCUT2D eigenvalue weighted by atomic mass is 16.5. The maximum Gasteiger partial charge on any atom is 0.121 e. The number of ether oxygens (including phenoxy) is 2. The van der Waals surface area contributed by atoms with Crippen molar-refractivity contribution in [2.24, 2.45) is 5.11 Å². The van der Waals surface area contributed by atoms with E-state index in [1.54, 1.807) is 6.26 Å². The van der Waals surface area contributed by atoms with Crippen LogP contribution in [0.3, 0.4) is 0 Å².